The zero-order valence-electron chi connectivity index (χ0n) is 43.0. The molecule has 0 saturated heterocycles. The first-order valence-electron chi connectivity index (χ1n) is 3.43. The van der Waals surface area contributed by atoms with Crippen molar-refractivity contribution in [1.82, 2.24) is 10.6 Å². The standard InChI is InChI=1S/C7H13N2O2.CH3.61Y/c1-6(10)8-4-3-5-9-7(2)11;;;;;;;;;;;;;;;;;;;;;;;;;;;;;;;;;;;;;;;;;;;;;;;;;;;;;;;;;;;;;;/h3H,4-5H2,1-2H3,(H,8,10)(H,9,11);1H3;;;;;;;;;;;;;;;;;;;;;;;;;;;;;;;;;;;;;;;;;;;;;;;;;;;;;;;;;;;;;/q2*-1;;;;;;;;;;;;;;;;;;;;;;;;;;;;;;;;;;;;;;;;;;;;;;;;;;;;;;;;;;;;;. The predicted molar refractivity (Wildman–Crippen MR) is 48.1 cm³/mol. The average Bonchev–Trinajstić information content (AvgIpc) is 1.85. The van der Waals surface area contributed by atoms with Crippen LogP contribution in [-0.2, 0) is 2000 Å². The number of amides is 2. The molecule has 255 valence electrons. The molecule has 2 N–H and O–H groups in total. The number of carbonyl (C=O) groups excluding carboxylic acids is 2. The van der Waals surface area contributed by atoms with E-state index < -0.39 is 0 Å². The molecule has 0 aromatic carbocycles. The normalized spacial score (nSPS) is 1.34. The quantitative estimate of drug-likeness (QED) is 0.303. The third-order valence-corrected chi connectivity index (χ3v) is 0.991. The van der Waals surface area contributed by atoms with E-state index in [1.165, 1.54) is 13.8 Å². The van der Waals surface area contributed by atoms with Crippen LogP contribution in [0.4, 0.5) is 0 Å². The molecule has 73 heavy (non-hydrogen) atoms. The minimum atomic E-state index is -0.0657. The molecule has 0 aromatic heterocycles. The summed E-state index contributed by atoms with van der Waals surface area (Å²) in [6, 6.07) is 0. The molecule has 0 spiro atoms. The van der Waals surface area contributed by atoms with Gasteiger partial charge in [0, 0.05) is 2010 Å². The van der Waals surface area contributed by atoms with Gasteiger partial charge in [-0.3, -0.25) is 16.0 Å². The molecular weight excluding hydrogens is 5580 g/mol. The Morgan fingerprint density at radius 2 is 0.247 bits per heavy atom. The smallest absolute Gasteiger partial charge is 0.214 e. The molecule has 2 amide bonds. The van der Waals surface area contributed by atoms with Crippen LogP contribution in [0.15, 0.2) is 0 Å². The molecule has 0 aliphatic heterocycles. The van der Waals surface area contributed by atoms with E-state index in [0.29, 0.717) is 13.1 Å². The molecule has 61 radical (unpaired) electrons. The van der Waals surface area contributed by atoms with Gasteiger partial charge in [0.1, 0.15) is 0 Å². The van der Waals surface area contributed by atoms with E-state index in [0.717, 1.165) is 0 Å². The molecule has 0 saturated carbocycles. The Morgan fingerprint density at radius 1 is 0.192 bits per heavy atom. The van der Waals surface area contributed by atoms with Crippen LogP contribution in [0.25, 0.3) is 0 Å². The Kier molecular flexibility index (Phi) is 2740. The second kappa shape index (κ2) is 436. The second-order valence-electron chi connectivity index (χ2n) is 2.16. The summed E-state index contributed by atoms with van der Waals surface area (Å²) in [5, 5.41) is 5.15. The average molecular weight is 5600 g/mol. The predicted octanol–water partition coefficient (Wildman–Crippen LogP) is -0.239. The van der Waals surface area contributed by atoms with Crippen molar-refractivity contribution in [2.24, 2.45) is 0 Å². The van der Waals surface area contributed by atoms with E-state index in [1.807, 2.05) is 0 Å². The van der Waals surface area contributed by atoms with Crippen LogP contribution in [0.1, 0.15) is 13.8 Å². The van der Waals surface area contributed by atoms with Gasteiger partial charge in [0.15, 0.2) is 0 Å². The monoisotopic (exact) mass is 5600 g/mol. The van der Waals surface area contributed by atoms with Crippen LogP contribution < -0.4 is 10.6 Å². The van der Waals surface area contributed by atoms with Crippen molar-refractivity contribution >= 4 is 11.8 Å². The molecule has 0 fully saturated rings. The van der Waals surface area contributed by atoms with E-state index in [2.05, 4.69) is 10.6 Å². The van der Waals surface area contributed by atoms with E-state index >= 15 is 0 Å². The third kappa shape index (κ3) is 465. The molecule has 0 bridgehead atoms. The summed E-state index contributed by atoms with van der Waals surface area (Å²) in [6.45, 7) is 3.89. The summed E-state index contributed by atoms with van der Waals surface area (Å²) in [5.41, 5.74) is 0. The van der Waals surface area contributed by atoms with Crippen LogP contribution in [0.3, 0.4) is 0 Å². The van der Waals surface area contributed by atoms with Crippen molar-refractivity contribution in [3.05, 3.63) is 13.8 Å². The SMILES string of the molecule is CC(=O)NC[CH-]CNC(C)=O.[CH3-].[Y].[Y].[Y].[Y].[Y].[Y].[Y].[Y].[Y].[Y].[Y].[Y].[Y].[Y].[Y].[Y].[Y].[Y].[Y].[Y].[Y].[Y].[Y].[Y].[Y].[Y].[Y].[Y].[Y].[Y].[Y].[Y].[Y].[Y].[Y].[Y].[Y].[Y].[Y].[Y].[Y].[Y].[Y].[Y].[Y].[Y].[Y].[Y].[Y].[Y].[Y].[Y].[Y].[Y].[Y].[Y].[Y].[Y].[Y].[Y].[Y]. The van der Waals surface area contributed by atoms with E-state index in [1.54, 1.807) is 6.42 Å². The molecule has 0 unspecified atom stereocenters. The van der Waals surface area contributed by atoms with Gasteiger partial charge in [-0.1, -0.05) is 0 Å². The molecule has 4 nitrogen and oxygen atoms in total. The van der Waals surface area contributed by atoms with Crippen molar-refractivity contribution in [2.45, 2.75) is 13.8 Å². The number of carbonyl (C=O) groups is 2. The maximum Gasteiger partial charge on any atom is 0.214 e. The fourth-order valence-corrected chi connectivity index (χ4v) is 0.504. The van der Waals surface area contributed by atoms with Crippen molar-refractivity contribution in [3.8, 4) is 0 Å². The maximum absolute atomic E-state index is 10.3. The first kappa shape index (κ1) is 458. The summed E-state index contributed by atoms with van der Waals surface area (Å²) in [4.78, 5) is 20.6. The van der Waals surface area contributed by atoms with Gasteiger partial charge in [0.2, 0.25) is 11.8 Å². The summed E-state index contributed by atoms with van der Waals surface area (Å²) in [6.07, 6.45) is 1.78. The largest absolute Gasteiger partial charge is 0.386 e. The molecule has 0 aliphatic carbocycles. The zero-order chi connectivity index (χ0) is 8.69. The van der Waals surface area contributed by atoms with Crippen molar-refractivity contribution < 1.29 is 2000 Å². The molecule has 0 aromatic rings. The summed E-state index contributed by atoms with van der Waals surface area (Å²) < 4.78 is 0. The molecule has 0 rings (SSSR count). The first-order valence-corrected chi connectivity index (χ1v) is 3.43. The first-order chi connectivity index (χ1) is 5.13. The van der Waals surface area contributed by atoms with Crippen molar-refractivity contribution in [2.75, 3.05) is 13.1 Å². The van der Waals surface area contributed by atoms with Gasteiger partial charge in [0.05, 0.1) is 0 Å². The summed E-state index contributed by atoms with van der Waals surface area (Å²) in [5.74, 6) is -0.131. The fourth-order valence-electron chi connectivity index (χ4n) is 0.504. The topological polar surface area (TPSA) is 58.2 Å². The van der Waals surface area contributed by atoms with E-state index in [9.17, 15) is 9.59 Å². The third-order valence-electron chi connectivity index (χ3n) is 0.991. The Morgan fingerprint density at radius 3 is 0.288 bits per heavy atom. The summed E-state index contributed by atoms with van der Waals surface area (Å²) in [7, 11) is 0. The van der Waals surface area contributed by atoms with Gasteiger partial charge >= 0.3 is 0 Å². The van der Waals surface area contributed by atoms with Gasteiger partial charge < -0.3 is 18.1 Å². The minimum absolute atomic E-state index is 0. The number of hydrogen-bond acceptors (Lipinski definition) is 2. The second-order valence-corrected chi connectivity index (χ2v) is 2.16. The van der Waals surface area contributed by atoms with Gasteiger partial charge in [-0.15, -0.1) is 13.1 Å². The van der Waals surface area contributed by atoms with Crippen LogP contribution in [0, 0.1) is 13.8 Å². The molecule has 0 aliphatic rings. The molecule has 65 heteroatoms. The number of hydrogen-bond donors (Lipinski definition) is 2. The number of rotatable bonds is 4. The maximum atomic E-state index is 10.3. The molecule has 0 atom stereocenters. The zero-order valence-corrected chi connectivity index (χ0v) is 216. The molecule has 0 heterocycles. The van der Waals surface area contributed by atoms with Crippen LogP contribution in [0.5, 0.6) is 0 Å². The minimum Gasteiger partial charge on any atom is -0.386 e. The Labute approximate surface area is 1990 Å². The van der Waals surface area contributed by atoms with Crippen molar-refractivity contribution in [1.29, 1.82) is 0 Å². The van der Waals surface area contributed by atoms with Gasteiger partial charge in [0.25, 0.3) is 0 Å². The van der Waals surface area contributed by atoms with E-state index in [4.69, 9.17) is 0 Å². The Bertz CT molecular complexity index is 177. The van der Waals surface area contributed by atoms with Crippen LogP contribution in [0.2, 0.25) is 0 Å². The van der Waals surface area contributed by atoms with Crippen LogP contribution >= 0.6 is 0 Å². The van der Waals surface area contributed by atoms with Crippen molar-refractivity contribution in [3.63, 3.8) is 0 Å². The van der Waals surface area contributed by atoms with Gasteiger partial charge in [-0.25, -0.2) is 0 Å². The Balaban J connectivity index is -0.000000000264. The molecular formula is C8H16N2O2Y61-2. The Hall–Kier alpha value is 66.3. The fraction of sp³-hybridized carbons (Fsp3) is 0.500. The van der Waals surface area contributed by atoms with E-state index in [-0.39, 0.29) is 2010 Å². The van der Waals surface area contributed by atoms with Gasteiger partial charge in [-0.05, 0) is 0 Å². The van der Waals surface area contributed by atoms with Gasteiger partial charge in [-0.2, -0.15) is 0 Å². The summed E-state index contributed by atoms with van der Waals surface area (Å²) >= 11 is 0. The van der Waals surface area contributed by atoms with Crippen LogP contribution in [-0.4, -0.2) is 24.9 Å². The number of nitrogens with one attached hydrogen (secondary N) is 2.